The van der Waals surface area contributed by atoms with Crippen molar-refractivity contribution in [1.82, 2.24) is 0 Å². The van der Waals surface area contributed by atoms with Crippen LogP contribution in [-0.4, -0.2) is 27.4 Å². The van der Waals surface area contributed by atoms with Crippen LogP contribution in [0.15, 0.2) is 12.1 Å². The summed E-state index contributed by atoms with van der Waals surface area (Å²) in [5.74, 6) is 0.179. The van der Waals surface area contributed by atoms with Crippen LogP contribution in [0.1, 0.15) is 80.9 Å². The van der Waals surface area contributed by atoms with E-state index in [0.29, 0.717) is 29.7 Å². The molecule has 0 spiro atoms. The smallest absolute Gasteiger partial charge is 0.311 e. The minimum atomic E-state index is -0.870. The van der Waals surface area contributed by atoms with Crippen molar-refractivity contribution in [3.05, 3.63) is 28.8 Å². The van der Waals surface area contributed by atoms with Crippen LogP contribution in [0.4, 0.5) is 0 Å². The third-order valence-electron chi connectivity index (χ3n) is 7.90. The second kappa shape index (κ2) is 6.26. The minimum Gasteiger partial charge on any atom is -0.508 e. The van der Waals surface area contributed by atoms with Gasteiger partial charge in [0.25, 0.3) is 0 Å². The third-order valence-corrected chi connectivity index (χ3v) is 7.90. The predicted molar refractivity (Wildman–Crippen MR) is 99.4 cm³/mol. The van der Waals surface area contributed by atoms with Gasteiger partial charge in [0.15, 0.2) is 0 Å². The van der Waals surface area contributed by atoms with Crippen molar-refractivity contribution in [2.45, 2.75) is 76.7 Å². The summed E-state index contributed by atoms with van der Waals surface area (Å²) in [7, 11) is 0. The highest BCUT2D eigenvalue weighted by molar-refractivity contribution is 5.77. The number of aromatic hydroxyl groups is 1. The molecule has 0 radical (unpaired) electrons. The number of aliphatic hydroxyl groups is 1. The van der Waals surface area contributed by atoms with Crippen LogP contribution < -0.4 is 0 Å². The van der Waals surface area contributed by atoms with Gasteiger partial charge >= 0.3 is 5.97 Å². The summed E-state index contributed by atoms with van der Waals surface area (Å²) in [6.07, 6.45) is 6.45. The minimum absolute atomic E-state index is 0.0471. The summed E-state index contributed by atoms with van der Waals surface area (Å²) in [5.41, 5.74) is 3.07. The second-order valence-corrected chi connectivity index (χ2v) is 8.96. The summed E-state index contributed by atoms with van der Waals surface area (Å²) in [6, 6.07) is 3.82. The molecule has 4 rings (SSSR count). The molecule has 2 fully saturated rings. The quantitative estimate of drug-likeness (QED) is 0.757. The lowest BCUT2D eigenvalue weighted by atomic mass is 9.55. The van der Waals surface area contributed by atoms with Crippen molar-refractivity contribution >= 4 is 5.97 Å². The Morgan fingerprint density at radius 1 is 1.27 bits per heavy atom. The third kappa shape index (κ3) is 2.49. The number of hydrogen-bond acceptors (Lipinski definition) is 3. The second-order valence-electron chi connectivity index (χ2n) is 8.96. The van der Waals surface area contributed by atoms with E-state index in [1.807, 2.05) is 19.1 Å². The predicted octanol–water partition coefficient (Wildman–Crippen LogP) is 4.19. The molecule has 3 N–H and O–H groups in total. The maximum Gasteiger partial charge on any atom is 0.311 e. The Balaban J connectivity index is 1.73. The van der Waals surface area contributed by atoms with Crippen molar-refractivity contribution in [2.75, 3.05) is 0 Å². The fourth-order valence-electron chi connectivity index (χ4n) is 6.41. The SMILES string of the molecule is CCC(C(=O)O)c1cc2c(cc1O)CC[C@@H]1[C@@H]2CC[C@]2(C)[C@H](O)CC[C@@H]12. The van der Waals surface area contributed by atoms with Gasteiger partial charge in [0.1, 0.15) is 5.75 Å². The molecule has 26 heavy (non-hydrogen) atoms. The number of aliphatic hydroxyl groups excluding tert-OH is 1. The largest absolute Gasteiger partial charge is 0.508 e. The maximum atomic E-state index is 11.6. The van der Waals surface area contributed by atoms with Gasteiger partial charge in [0.05, 0.1) is 12.0 Å². The summed E-state index contributed by atoms with van der Waals surface area (Å²) >= 11 is 0. The molecule has 4 nitrogen and oxygen atoms in total. The summed E-state index contributed by atoms with van der Waals surface area (Å²) < 4.78 is 0. The van der Waals surface area contributed by atoms with Crippen LogP contribution in [0.2, 0.25) is 0 Å². The summed E-state index contributed by atoms with van der Waals surface area (Å²) in [6.45, 7) is 4.12. The van der Waals surface area contributed by atoms with E-state index >= 15 is 0 Å². The Morgan fingerprint density at radius 2 is 2.04 bits per heavy atom. The van der Waals surface area contributed by atoms with Crippen molar-refractivity contribution in [2.24, 2.45) is 17.3 Å². The average molecular weight is 358 g/mol. The maximum absolute atomic E-state index is 11.6. The van der Waals surface area contributed by atoms with Gasteiger partial charge < -0.3 is 15.3 Å². The van der Waals surface area contributed by atoms with E-state index in [1.165, 1.54) is 11.1 Å². The van der Waals surface area contributed by atoms with E-state index < -0.39 is 11.9 Å². The molecule has 0 heterocycles. The summed E-state index contributed by atoms with van der Waals surface area (Å²) in [4.78, 5) is 11.6. The molecule has 3 aliphatic rings. The van der Waals surface area contributed by atoms with E-state index in [-0.39, 0.29) is 17.3 Å². The topological polar surface area (TPSA) is 77.8 Å². The van der Waals surface area contributed by atoms with Crippen molar-refractivity contribution < 1.29 is 20.1 Å². The molecule has 4 heteroatoms. The van der Waals surface area contributed by atoms with E-state index in [9.17, 15) is 20.1 Å². The number of phenols is 1. The number of benzene rings is 1. The average Bonchev–Trinajstić information content (AvgIpc) is 2.91. The van der Waals surface area contributed by atoms with E-state index in [1.54, 1.807) is 0 Å². The number of fused-ring (bicyclic) bond motifs is 5. The molecule has 1 unspecified atom stereocenters. The molecule has 142 valence electrons. The molecule has 1 aromatic carbocycles. The Labute approximate surface area is 155 Å². The number of phenolic OH excluding ortho intramolecular Hbond substituents is 1. The molecular formula is C22H30O4. The number of carbonyl (C=O) groups is 1. The van der Waals surface area contributed by atoms with Crippen molar-refractivity contribution in [1.29, 1.82) is 0 Å². The first-order valence-electron chi connectivity index (χ1n) is 10.1. The molecule has 0 aromatic heterocycles. The van der Waals surface area contributed by atoms with Gasteiger partial charge in [-0.2, -0.15) is 0 Å². The first kappa shape index (κ1) is 17.8. The lowest BCUT2D eigenvalue weighted by Crippen LogP contribution is -2.44. The number of carboxylic acids is 1. The molecular weight excluding hydrogens is 328 g/mol. The fraction of sp³-hybridized carbons (Fsp3) is 0.682. The highest BCUT2D eigenvalue weighted by Crippen LogP contribution is 2.61. The molecule has 1 aromatic rings. The van der Waals surface area contributed by atoms with Crippen LogP contribution in [-0.2, 0) is 11.2 Å². The van der Waals surface area contributed by atoms with Crippen molar-refractivity contribution in [3.63, 3.8) is 0 Å². The molecule has 2 saturated carbocycles. The number of carboxylic acid groups (broad SMARTS) is 1. The van der Waals surface area contributed by atoms with Gasteiger partial charge in [0.2, 0.25) is 0 Å². The highest BCUT2D eigenvalue weighted by atomic mass is 16.4. The van der Waals surface area contributed by atoms with E-state index in [2.05, 4.69) is 6.92 Å². The first-order chi connectivity index (χ1) is 12.4. The molecule has 0 bridgehead atoms. The lowest BCUT2D eigenvalue weighted by molar-refractivity contribution is -0.138. The van der Waals surface area contributed by atoms with E-state index in [0.717, 1.165) is 38.5 Å². The van der Waals surface area contributed by atoms with Gasteiger partial charge in [-0.15, -0.1) is 0 Å². The molecule has 0 amide bonds. The lowest BCUT2D eigenvalue weighted by Gasteiger charge is -2.50. The van der Waals surface area contributed by atoms with Gasteiger partial charge in [-0.3, -0.25) is 4.79 Å². The van der Waals surface area contributed by atoms with Crippen LogP contribution >= 0.6 is 0 Å². The monoisotopic (exact) mass is 358 g/mol. The molecule has 3 aliphatic carbocycles. The van der Waals surface area contributed by atoms with Gasteiger partial charge in [-0.05, 0) is 85.3 Å². The zero-order valence-corrected chi connectivity index (χ0v) is 15.7. The number of hydrogen-bond donors (Lipinski definition) is 3. The van der Waals surface area contributed by atoms with Crippen LogP contribution in [0.25, 0.3) is 0 Å². The number of aliphatic carboxylic acids is 1. The number of aryl methyl sites for hydroxylation is 1. The Hall–Kier alpha value is -1.55. The Morgan fingerprint density at radius 3 is 2.73 bits per heavy atom. The standard InChI is InChI=1S/C22H30O4/c1-3-13(21(25)26)17-11-16-12(10-19(17)23)4-5-15-14(16)8-9-22(2)18(15)6-7-20(22)24/h10-11,13-15,18,20,23-24H,3-9H2,1-2H3,(H,25,26)/t13?,14-,15+,18-,20+,22-/m0/s1. The van der Waals surface area contributed by atoms with Crippen LogP contribution in [0.5, 0.6) is 5.75 Å². The molecule has 6 atom stereocenters. The fourth-order valence-corrected chi connectivity index (χ4v) is 6.41. The number of rotatable bonds is 3. The van der Waals surface area contributed by atoms with Crippen LogP contribution in [0.3, 0.4) is 0 Å². The Kier molecular flexibility index (Phi) is 4.30. The van der Waals surface area contributed by atoms with Gasteiger partial charge in [-0.25, -0.2) is 0 Å². The zero-order valence-electron chi connectivity index (χ0n) is 15.7. The first-order valence-corrected chi connectivity index (χ1v) is 10.1. The zero-order chi connectivity index (χ0) is 18.6. The van der Waals surface area contributed by atoms with Crippen LogP contribution in [0, 0.1) is 17.3 Å². The molecule has 0 aliphatic heterocycles. The normalized spacial score (nSPS) is 36.7. The summed E-state index contributed by atoms with van der Waals surface area (Å²) in [5, 5.41) is 30.5. The van der Waals surface area contributed by atoms with E-state index in [4.69, 9.17) is 0 Å². The Bertz CT molecular complexity index is 727. The van der Waals surface area contributed by atoms with Gasteiger partial charge in [-0.1, -0.05) is 19.9 Å². The van der Waals surface area contributed by atoms with Gasteiger partial charge in [0, 0.05) is 5.56 Å². The van der Waals surface area contributed by atoms with Crippen molar-refractivity contribution in [3.8, 4) is 5.75 Å². The highest BCUT2D eigenvalue weighted by Gasteiger charge is 2.54. The molecule has 0 saturated heterocycles.